The van der Waals surface area contributed by atoms with Crippen molar-refractivity contribution < 1.29 is 30.0 Å². The molecule has 6 heteroatoms. The predicted octanol–water partition coefficient (Wildman–Crippen LogP) is 2.56. The van der Waals surface area contributed by atoms with Crippen LogP contribution in [0.3, 0.4) is 0 Å². The number of aliphatic carboxylic acids is 1. The summed E-state index contributed by atoms with van der Waals surface area (Å²) in [5, 5.41) is 38.7. The average Bonchev–Trinajstić information content (AvgIpc) is 2.97. The lowest BCUT2D eigenvalue weighted by Gasteiger charge is -2.16. The Morgan fingerprint density at radius 3 is 2.65 bits per heavy atom. The zero-order chi connectivity index (χ0) is 19.4. The molecule has 5 atom stereocenters. The second-order valence-corrected chi connectivity index (χ2v) is 6.95. The van der Waals surface area contributed by atoms with Gasteiger partial charge in [-0.05, 0) is 25.7 Å². The summed E-state index contributed by atoms with van der Waals surface area (Å²) < 4.78 is 5.73. The van der Waals surface area contributed by atoms with Crippen LogP contribution in [0.4, 0.5) is 0 Å². The highest BCUT2D eigenvalue weighted by atomic mass is 16.5. The molecule has 1 heterocycles. The lowest BCUT2D eigenvalue weighted by molar-refractivity contribution is -0.137. The van der Waals surface area contributed by atoms with E-state index in [-0.39, 0.29) is 12.5 Å². The molecular weight excluding hydrogens is 336 g/mol. The molecule has 0 aromatic rings. The van der Waals surface area contributed by atoms with Gasteiger partial charge in [0.15, 0.2) is 0 Å². The Labute approximate surface area is 156 Å². The number of hydrogen-bond donors (Lipinski definition) is 4. The molecule has 0 amide bonds. The molecule has 1 aliphatic heterocycles. The van der Waals surface area contributed by atoms with Crippen LogP contribution in [-0.4, -0.2) is 56.9 Å². The molecule has 6 nitrogen and oxygen atoms in total. The number of carboxylic acid groups (broad SMARTS) is 1. The van der Waals surface area contributed by atoms with Crippen LogP contribution in [0, 0.1) is 0 Å². The minimum atomic E-state index is -0.852. The molecule has 1 saturated heterocycles. The molecule has 0 aliphatic carbocycles. The summed E-state index contributed by atoms with van der Waals surface area (Å²) in [6, 6.07) is 0. The molecule has 4 N–H and O–H groups in total. The van der Waals surface area contributed by atoms with Crippen LogP contribution >= 0.6 is 0 Å². The molecule has 150 valence electrons. The number of carbonyl (C=O) groups is 1. The molecule has 26 heavy (non-hydrogen) atoms. The van der Waals surface area contributed by atoms with Crippen LogP contribution in [0.25, 0.3) is 0 Å². The van der Waals surface area contributed by atoms with Crippen molar-refractivity contribution in [3.05, 3.63) is 24.3 Å². The molecule has 0 unspecified atom stereocenters. The van der Waals surface area contributed by atoms with Gasteiger partial charge in [0.1, 0.15) is 0 Å². The number of unbranched alkanes of at least 4 members (excludes halogenated alkanes) is 3. The van der Waals surface area contributed by atoms with E-state index in [1.165, 1.54) is 0 Å². The van der Waals surface area contributed by atoms with Gasteiger partial charge in [0.25, 0.3) is 0 Å². The van der Waals surface area contributed by atoms with Crippen molar-refractivity contribution in [3.8, 4) is 0 Å². The van der Waals surface area contributed by atoms with Gasteiger partial charge in [-0.3, -0.25) is 4.79 Å². The monoisotopic (exact) mass is 370 g/mol. The highest BCUT2D eigenvalue weighted by Crippen LogP contribution is 2.26. The molecule has 0 aromatic carbocycles. The van der Waals surface area contributed by atoms with Gasteiger partial charge >= 0.3 is 5.97 Å². The first-order valence-corrected chi connectivity index (χ1v) is 9.68. The van der Waals surface area contributed by atoms with Gasteiger partial charge in [0.2, 0.25) is 0 Å². The molecule has 0 radical (unpaired) electrons. The van der Waals surface area contributed by atoms with Gasteiger partial charge in [0, 0.05) is 12.8 Å². The molecule has 1 fully saturated rings. The quantitative estimate of drug-likeness (QED) is 0.293. The van der Waals surface area contributed by atoms with Crippen molar-refractivity contribution in [1.82, 2.24) is 0 Å². The fraction of sp³-hybridized carbons (Fsp3) is 0.750. The Morgan fingerprint density at radius 2 is 1.96 bits per heavy atom. The lowest BCUT2D eigenvalue weighted by atomic mass is 10.0. The van der Waals surface area contributed by atoms with Gasteiger partial charge in [-0.25, -0.2) is 0 Å². The smallest absolute Gasteiger partial charge is 0.303 e. The molecule has 0 bridgehead atoms. The summed E-state index contributed by atoms with van der Waals surface area (Å²) in [4.78, 5) is 10.4. The topological polar surface area (TPSA) is 107 Å². The van der Waals surface area contributed by atoms with Crippen molar-refractivity contribution >= 4 is 5.97 Å². The van der Waals surface area contributed by atoms with Crippen LogP contribution in [0.2, 0.25) is 0 Å². The van der Waals surface area contributed by atoms with Crippen LogP contribution in [0.15, 0.2) is 24.3 Å². The van der Waals surface area contributed by atoms with E-state index in [1.54, 1.807) is 12.2 Å². The second kappa shape index (κ2) is 13.0. The number of carboxylic acids is 1. The Bertz CT molecular complexity index is 448. The Kier molecular flexibility index (Phi) is 11.4. The maximum Gasteiger partial charge on any atom is 0.303 e. The molecular formula is C20H34O6. The summed E-state index contributed by atoms with van der Waals surface area (Å²) in [7, 11) is 0. The zero-order valence-electron chi connectivity index (χ0n) is 15.7. The normalized spacial score (nSPS) is 25.9. The number of aliphatic hydroxyl groups is 3. The van der Waals surface area contributed by atoms with E-state index >= 15 is 0 Å². The van der Waals surface area contributed by atoms with Crippen LogP contribution in [0.5, 0.6) is 0 Å². The van der Waals surface area contributed by atoms with E-state index in [4.69, 9.17) is 9.84 Å². The number of rotatable bonds is 13. The van der Waals surface area contributed by atoms with Crippen molar-refractivity contribution in [2.24, 2.45) is 0 Å². The fourth-order valence-corrected chi connectivity index (χ4v) is 2.98. The molecule has 1 aliphatic rings. The van der Waals surface area contributed by atoms with Gasteiger partial charge in [0.05, 0.1) is 30.5 Å². The second-order valence-electron chi connectivity index (χ2n) is 6.95. The van der Waals surface area contributed by atoms with Crippen molar-refractivity contribution in [2.75, 3.05) is 0 Å². The largest absolute Gasteiger partial charge is 0.481 e. The minimum Gasteiger partial charge on any atom is -0.481 e. The molecule has 0 spiro atoms. The van der Waals surface area contributed by atoms with Crippen molar-refractivity contribution in [2.45, 2.75) is 95.2 Å². The van der Waals surface area contributed by atoms with E-state index < -0.39 is 30.4 Å². The third-order valence-electron chi connectivity index (χ3n) is 4.56. The number of ether oxygens (including phenoxy) is 1. The van der Waals surface area contributed by atoms with Crippen LogP contribution in [-0.2, 0) is 9.53 Å². The number of allylic oxidation sites excluding steroid dienone is 1. The summed E-state index contributed by atoms with van der Waals surface area (Å²) in [6.45, 7) is 2.11. The molecule has 0 aromatic heterocycles. The molecule has 0 saturated carbocycles. The van der Waals surface area contributed by atoms with Crippen LogP contribution in [0.1, 0.15) is 64.7 Å². The molecule has 1 rings (SSSR count). The number of hydrogen-bond acceptors (Lipinski definition) is 5. The van der Waals surface area contributed by atoms with E-state index in [1.807, 2.05) is 12.2 Å². The minimum absolute atomic E-state index is 0.151. The van der Waals surface area contributed by atoms with Gasteiger partial charge in [-0.15, -0.1) is 0 Å². The van der Waals surface area contributed by atoms with E-state index in [0.717, 1.165) is 19.3 Å². The summed E-state index contributed by atoms with van der Waals surface area (Å²) in [5.41, 5.74) is 0. The summed E-state index contributed by atoms with van der Waals surface area (Å²) >= 11 is 0. The average molecular weight is 370 g/mol. The maximum atomic E-state index is 10.4. The van der Waals surface area contributed by atoms with Gasteiger partial charge in [-0.2, -0.15) is 0 Å². The third kappa shape index (κ3) is 9.48. The standard InChI is InChI=1S/C20H34O6/c1-2-3-6-9-15(21)12-13-16(22)19-14-17(23)18(26-19)10-7-4-5-8-11-20(24)25/h4,7,12-13,15-19,21-23H,2-3,5-6,8-11,14H2,1H3,(H,24,25)/b7-4-,13-12+/t15-,16-,17-,18+,19-/m1/s1. The Morgan fingerprint density at radius 1 is 1.19 bits per heavy atom. The maximum absolute atomic E-state index is 10.4. The first-order chi connectivity index (χ1) is 12.4. The Balaban J connectivity index is 2.30. The van der Waals surface area contributed by atoms with E-state index in [9.17, 15) is 20.1 Å². The van der Waals surface area contributed by atoms with Crippen molar-refractivity contribution in [1.29, 1.82) is 0 Å². The van der Waals surface area contributed by atoms with E-state index in [2.05, 4.69) is 6.92 Å². The van der Waals surface area contributed by atoms with E-state index in [0.29, 0.717) is 32.1 Å². The van der Waals surface area contributed by atoms with Gasteiger partial charge in [-0.1, -0.05) is 50.5 Å². The first kappa shape index (κ1) is 22.8. The first-order valence-electron chi connectivity index (χ1n) is 9.68. The summed E-state index contributed by atoms with van der Waals surface area (Å²) in [6.07, 6.45) is 10.2. The van der Waals surface area contributed by atoms with Gasteiger partial charge < -0.3 is 25.2 Å². The Hall–Kier alpha value is -1.21. The van der Waals surface area contributed by atoms with Crippen LogP contribution < -0.4 is 0 Å². The zero-order valence-corrected chi connectivity index (χ0v) is 15.7. The lowest BCUT2D eigenvalue weighted by Crippen LogP contribution is -2.24. The third-order valence-corrected chi connectivity index (χ3v) is 4.56. The van der Waals surface area contributed by atoms with Crippen molar-refractivity contribution in [3.63, 3.8) is 0 Å². The highest BCUT2D eigenvalue weighted by molar-refractivity contribution is 5.66. The summed E-state index contributed by atoms with van der Waals surface area (Å²) in [5.74, 6) is -0.798. The predicted molar refractivity (Wildman–Crippen MR) is 99.8 cm³/mol. The fourth-order valence-electron chi connectivity index (χ4n) is 2.98. The highest BCUT2D eigenvalue weighted by Gasteiger charge is 2.36. The SMILES string of the molecule is CCCCC[C@@H](O)/C=C/[C@@H](O)[C@H]1C[C@@H](O)[C@H](C/C=C\CCCC(=O)O)O1. The number of aliphatic hydroxyl groups excluding tert-OH is 3.